The van der Waals surface area contributed by atoms with Crippen LogP contribution in [0.15, 0.2) is 35.3 Å². The lowest BCUT2D eigenvalue weighted by molar-refractivity contribution is 0.258. The molecule has 0 aliphatic rings. The maximum Gasteiger partial charge on any atom is 0.230 e. The van der Waals surface area contributed by atoms with Crippen LogP contribution in [0.2, 0.25) is 0 Å². The smallest absolute Gasteiger partial charge is 0.230 e. The van der Waals surface area contributed by atoms with Crippen molar-refractivity contribution in [1.82, 2.24) is 9.97 Å². The number of hydrogen-bond donors (Lipinski definition) is 0. The number of rotatable bonds is 3. The summed E-state index contributed by atoms with van der Waals surface area (Å²) in [5.41, 5.74) is 0. The van der Waals surface area contributed by atoms with Crippen LogP contribution in [0.1, 0.15) is 5.76 Å². The van der Waals surface area contributed by atoms with Crippen molar-refractivity contribution < 1.29 is 9.15 Å². The van der Waals surface area contributed by atoms with Crippen LogP contribution in [0.4, 0.5) is 0 Å². The average Bonchev–Trinajstić information content (AvgIpc) is 2.69. The van der Waals surface area contributed by atoms with Gasteiger partial charge in [-0.2, -0.15) is 0 Å². The van der Waals surface area contributed by atoms with Gasteiger partial charge in [0.25, 0.3) is 0 Å². The fourth-order valence-electron chi connectivity index (χ4n) is 0.942. The second kappa shape index (κ2) is 4.41. The van der Waals surface area contributed by atoms with E-state index in [4.69, 9.17) is 9.15 Å². The molecule has 0 bridgehead atoms. The maximum absolute atomic E-state index is 5.43. The van der Waals surface area contributed by atoms with Crippen LogP contribution in [0.5, 0.6) is 5.88 Å². The molecule has 2 rings (SSSR count). The molecule has 72 valence electrons. The van der Waals surface area contributed by atoms with E-state index in [9.17, 15) is 0 Å². The highest BCUT2D eigenvalue weighted by Gasteiger charge is 2.03. The van der Waals surface area contributed by atoms with Gasteiger partial charge in [-0.25, -0.2) is 9.97 Å². The third-order valence-electron chi connectivity index (χ3n) is 1.57. The van der Waals surface area contributed by atoms with Crippen molar-refractivity contribution in [2.75, 3.05) is 0 Å². The number of nitrogens with zero attached hydrogens (tertiary/aromatic N) is 2. The third-order valence-corrected chi connectivity index (χ3v) is 2.31. The fourth-order valence-corrected chi connectivity index (χ4v) is 1.40. The molecule has 0 unspecified atom stereocenters. The van der Waals surface area contributed by atoms with Gasteiger partial charge in [-0.05, 0) is 34.7 Å². The minimum absolute atomic E-state index is 0.389. The lowest BCUT2D eigenvalue weighted by Gasteiger charge is -2.03. The summed E-state index contributed by atoms with van der Waals surface area (Å²) in [6.45, 7) is 0.389. The minimum Gasteiger partial charge on any atom is -0.469 e. The van der Waals surface area contributed by atoms with E-state index < -0.39 is 0 Å². The fraction of sp³-hybridized carbons (Fsp3) is 0.111. The van der Waals surface area contributed by atoms with Crippen LogP contribution >= 0.6 is 22.6 Å². The van der Waals surface area contributed by atoms with Crippen molar-refractivity contribution in [3.8, 4) is 5.88 Å². The van der Waals surface area contributed by atoms with E-state index >= 15 is 0 Å². The number of furan rings is 1. The summed E-state index contributed by atoms with van der Waals surface area (Å²) in [5.74, 6) is 1.36. The summed E-state index contributed by atoms with van der Waals surface area (Å²) in [7, 11) is 0. The van der Waals surface area contributed by atoms with Gasteiger partial charge >= 0.3 is 0 Å². The summed E-state index contributed by atoms with van der Waals surface area (Å²) in [6, 6.07) is 3.68. The SMILES string of the molecule is Ic1cncnc1OCc1ccco1. The topological polar surface area (TPSA) is 48.2 Å². The molecule has 4 nitrogen and oxygen atoms in total. The molecule has 0 fully saturated rings. The van der Waals surface area contributed by atoms with Crippen molar-refractivity contribution >= 4 is 22.6 Å². The molecule has 2 aromatic rings. The van der Waals surface area contributed by atoms with Crippen LogP contribution in [0, 0.1) is 3.57 Å². The number of aromatic nitrogens is 2. The molecule has 0 saturated carbocycles. The Morgan fingerprint density at radius 2 is 2.43 bits per heavy atom. The van der Waals surface area contributed by atoms with Gasteiger partial charge in [0.05, 0.1) is 9.83 Å². The largest absolute Gasteiger partial charge is 0.469 e. The molecule has 0 aliphatic heterocycles. The molecule has 0 N–H and O–H groups in total. The Balaban J connectivity index is 2.02. The van der Waals surface area contributed by atoms with Gasteiger partial charge in [0.2, 0.25) is 5.88 Å². The second-order valence-corrected chi connectivity index (χ2v) is 3.71. The highest BCUT2D eigenvalue weighted by Crippen LogP contribution is 2.16. The Kier molecular flexibility index (Phi) is 2.97. The highest BCUT2D eigenvalue weighted by molar-refractivity contribution is 14.1. The van der Waals surface area contributed by atoms with E-state index in [-0.39, 0.29) is 0 Å². The predicted octanol–water partition coefficient (Wildman–Crippen LogP) is 2.25. The number of hydrogen-bond acceptors (Lipinski definition) is 4. The van der Waals surface area contributed by atoms with Crippen molar-refractivity contribution in [2.45, 2.75) is 6.61 Å². The van der Waals surface area contributed by atoms with Crippen molar-refractivity contribution in [3.63, 3.8) is 0 Å². The predicted molar refractivity (Wildman–Crippen MR) is 57.8 cm³/mol. The zero-order chi connectivity index (χ0) is 9.80. The molecule has 5 heteroatoms. The van der Waals surface area contributed by atoms with Crippen LogP contribution in [0.3, 0.4) is 0 Å². The van der Waals surface area contributed by atoms with Gasteiger partial charge in [-0.3, -0.25) is 0 Å². The summed E-state index contributed by atoms with van der Waals surface area (Å²) in [4.78, 5) is 7.86. The molecule has 0 saturated heterocycles. The summed E-state index contributed by atoms with van der Waals surface area (Å²) in [5, 5.41) is 0. The standard InChI is InChI=1S/C9H7IN2O2/c10-8-4-11-6-12-9(8)14-5-7-2-1-3-13-7/h1-4,6H,5H2. The molecular formula is C9H7IN2O2. The highest BCUT2D eigenvalue weighted by atomic mass is 127. The Labute approximate surface area is 94.5 Å². The molecule has 0 aliphatic carbocycles. The summed E-state index contributed by atoms with van der Waals surface area (Å²) >= 11 is 2.12. The number of ether oxygens (including phenoxy) is 1. The lowest BCUT2D eigenvalue weighted by atomic mass is 10.5. The van der Waals surface area contributed by atoms with Crippen molar-refractivity contribution in [2.24, 2.45) is 0 Å². The van der Waals surface area contributed by atoms with Crippen molar-refractivity contribution in [3.05, 3.63) is 40.3 Å². The van der Waals surface area contributed by atoms with Crippen LogP contribution in [-0.2, 0) is 6.61 Å². The Morgan fingerprint density at radius 3 is 3.14 bits per heavy atom. The van der Waals surface area contributed by atoms with Gasteiger partial charge < -0.3 is 9.15 Å². The van der Waals surface area contributed by atoms with Gasteiger partial charge in [-0.1, -0.05) is 0 Å². The van der Waals surface area contributed by atoms with E-state index in [0.29, 0.717) is 12.5 Å². The van der Waals surface area contributed by atoms with Crippen LogP contribution in [0.25, 0.3) is 0 Å². The minimum atomic E-state index is 0.389. The van der Waals surface area contributed by atoms with Crippen LogP contribution in [-0.4, -0.2) is 9.97 Å². The van der Waals surface area contributed by atoms with Gasteiger partial charge in [0.1, 0.15) is 18.7 Å². The molecule has 0 amide bonds. The van der Waals surface area contributed by atoms with Gasteiger partial charge in [-0.15, -0.1) is 0 Å². The average molecular weight is 302 g/mol. The third kappa shape index (κ3) is 2.22. The summed E-state index contributed by atoms with van der Waals surface area (Å²) in [6.07, 6.45) is 4.77. The zero-order valence-electron chi connectivity index (χ0n) is 7.18. The second-order valence-electron chi connectivity index (χ2n) is 2.54. The lowest BCUT2D eigenvalue weighted by Crippen LogP contribution is -1.98. The normalized spacial score (nSPS) is 10.1. The molecule has 0 radical (unpaired) electrons. The number of halogens is 1. The Bertz CT molecular complexity index is 403. The van der Waals surface area contributed by atoms with E-state index in [1.165, 1.54) is 6.33 Å². The molecule has 2 aromatic heterocycles. The molecule has 2 heterocycles. The molecule has 14 heavy (non-hydrogen) atoms. The maximum atomic E-state index is 5.43. The van der Waals surface area contributed by atoms with E-state index in [1.54, 1.807) is 12.5 Å². The van der Waals surface area contributed by atoms with Gasteiger partial charge in [0.15, 0.2) is 0 Å². The van der Waals surface area contributed by atoms with E-state index in [0.717, 1.165) is 9.33 Å². The van der Waals surface area contributed by atoms with E-state index in [2.05, 4.69) is 32.6 Å². The first-order chi connectivity index (χ1) is 6.86. The summed E-state index contributed by atoms with van der Waals surface area (Å²) < 4.78 is 11.4. The first-order valence-electron chi connectivity index (χ1n) is 3.97. The molecule has 0 atom stereocenters. The Hall–Kier alpha value is -1.11. The molecule has 0 spiro atoms. The quantitative estimate of drug-likeness (QED) is 0.816. The van der Waals surface area contributed by atoms with Crippen LogP contribution < -0.4 is 4.74 Å². The first kappa shape index (κ1) is 9.45. The zero-order valence-corrected chi connectivity index (χ0v) is 9.34. The Morgan fingerprint density at radius 1 is 1.50 bits per heavy atom. The van der Waals surface area contributed by atoms with E-state index in [1.807, 2.05) is 12.1 Å². The molecule has 0 aromatic carbocycles. The first-order valence-corrected chi connectivity index (χ1v) is 5.05. The van der Waals surface area contributed by atoms with Crippen molar-refractivity contribution in [1.29, 1.82) is 0 Å². The molecular weight excluding hydrogens is 295 g/mol. The van der Waals surface area contributed by atoms with Gasteiger partial charge in [0, 0.05) is 6.20 Å². The monoisotopic (exact) mass is 302 g/mol.